The Morgan fingerprint density at radius 1 is 1.29 bits per heavy atom. The zero-order valence-electron chi connectivity index (χ0n) is 9.55. The maximum absolute atomic E-state index is 12.0. The van der Waals surface area contributed by atoms with Crippen LogP contribution in [0.2, 0.25) is 0 Å². The van der Waals surface area contributed by atoms with Crippen molar-refractivity contribution in [2.75, 3.05) is 0 Å². The van der Waals surface area contributed by atoms with Crippen LogP contribution in [0.25, 0.3) is 0 Å². The van der Waals surface area contributed by atoms with E-state index in [4.69, 9.17) is 0 Å². The van der Waals surface area contributed by atoms with Crippen molar-refractivity contribution in [3.63, 3.8) is 0 Å². The van der Waals surface area contributed by atoms with E-state index in [2.05, 4.69) is 5.10 Å². The van der Waals surface area contributed by atoms with E-state index >= 15 is 0 Å². The second-order valence-corrected chi connectivity index (χ2v) is 3.69. The molecule has 0 N–H and O–H groups in total. The minimum atomic E-state index is -4.97. The average Bonchev–Trinajstić information content (AvgIpc) is 2.39. The summed E-state index contributed by atoms with van der Waals surface area (Å²) < 4.78 is 37.4. The highest BCUT2D eigenvalue weighted by atomic mass is 19.4. The third-order valence-electron chi connectivity index (χ3n) is 2.43. The summed E-state index contributed by atoms with van der Waals surface area (Å²) in [4.78, 5) is 22.3. The minimum absolute atomic E-state index is 0.0881. The number of rotatable bonds is 3. The van der Waals surface area contributed by atoms with E-state index in [0.29, 0.717) is 11.4 Å². The summed E-state index contributed by atoms with van der Waals surface area (Å²) >= 11 is 0. The molecule has 0 saturated carbocycles. The van der Waals surface area contributed by atoms with Crippen LogP contribution in [0, 0.1) is 13.8 Å². The standard InChI is InChI=1S/C10H11F3N2O2/c1-5-9(6(2)15(3)14-5)7(16)4-8(17)10(11,12)13/h4H2,1-3H3. The minimum Gasteiger partial charge on any atom is -0.294 e. The van der Waals surface area contributed by atoms with Crippen LogP contribution in [0.15, 0.2) is 0 Å². The first-order chi connectivity index (χ1) is 7.64. The van der Waals surface area contributed by atoms with Crippen LogP contribution in [0.4, 0.5) is 13.2 Å². The number of carbonyl (C=O) groups is 2. The number of carbonyl (C=O) groups excluding carboxylic acids is 2. The van der Waals surface area contributed by atoms with Gasteiger partial charge in [0.05, 0.1) is 17.7 Å². The molecule has 17 heavy (non-hydrogen) atoms. The van der Waals surface area contributed by atoms with Crippen molar-refractivity contribution in [3.05, 3.63) is 17.0 Å². The molecule has 7 heteroatoms. The fourth-order valence-electron chi connectivity index (χ4n) is 1.51. The molecule has 1 aromatic heterocycles. The van der Waals surface area contributed by atoms with Crippen molar-refractivity contribution in [1.29, 1.82) is 0 Å². The Hall–Kier alpha value is -1.66. The van der Waals surface area contributed by atoms with Gasteiger partial charge in [-0.25, -0.2) is 0 Å². The van der Waals surface area contributed by atoms with Gasteiger partial charge in [0.15, 0.2) is 5.78 Å². The average molecular weight is 248 g/mol. The fraction of sp³-hybridized carbons (Fsp3) is 0.500. The first-order valence-corrected chi connectivity index (χ1v) is 4.78. The van der Waals surface area contributed by atoms with Gasteiger partial charge < -0.3 is 0 Å². The largest absolute Gasteiger partial charge is 0.450 e. The molecule has 94 valence electrons. The van der Waals surface area contributed by atoms with E-state index in [1.165, 1.54) is 11.6 Å². The summed E-state index contributed by atoms with van der Waals surface area (Å²) in [5.74, 6) is -2.89. The molecule has 0 aromatic carbocycles. The highest BCUT2D eigenvalue weighted by Gasteiger charge is 2.39. The number of halogens is 3. The maximum Gasteiger partial charge on any atom is 0.450 e. The van der Waals surface area contributed by atoms with Gasteiger partial charge in [0.25, 0.3) is 0 Å². The zero-order valence-corrected chi connectivity index (χ0v) is 9.55. The van der Waals surface area contributed by atoms with Crippen LogP contribution in [0.3, 0.4) is 0 Å². The van der Waals surface area contributed by atoms with Crippen LogP contribution in [0.1, 0.15) is 28.2 Å². The van der Waals surface area contributed by atoms with E-state index in [-0.39, 0.29) is 5.56 Å². The van der Waals surface area contributed by atoms with Crippen molar-refractivity contribution in [2.45, 2.75) is 26.4 Å². The molecule has 0 aliphatic carbocycles. The van der Waals surface area contributed by atoms with E-state index in [0.717, 1.165) is 0 Å². The lowest BCUT2D eigenvalue weighted by molar-refractivity contribution is -0.170. The van der Waals surface area contributed by atoms with Crippen molar-refractivity contribution >= 4 is 11.6 Å². The molecule has 0 aliphatic heterocycles. The quantitative estimate of drug-likeness (QED) is 0.604. The van der Waals surface area contributed by atoms with Crippen molar-refractivity contribution in [1.82, 2.24) is 9.78 Å². The molecule has 0 fully saturated rings. The SMILES string of the molecule is Cc1nn(C)c(C)c1C(=O)CC(=O)C(F)(F)F. The van der Waals surface area contributed by atoms with E-state index in [1.54, 1.807) is 14.0 Å². The number of Topliss-reactive ketones (excluding diaryl/α,β-unsaturated/α-hetero) is 2. The molecule has 0 atom stereocenters. The summed E-state index contributed by atoms with van der Waals surface area (Å²) in [6, 6.07) is 0. The van der Waals surface area contributed by atoms with Gasteiger partial charge in [0.2, 0.25) is 5.78 Å². The van der Waals surface area contributed by atoms with E-state index < -0.39 is 24.2 Å². The molecule has 0 spiro atoms. The van der Waals surface area contributed by atoms with Gasteiger partial charge in [-0.3, -0.25) is 14.3 Å². The Morgan fingerprint density at radius 3 is 2.18 bits per heavy atom. The van der Waals surface area contributed by atoms with Gasteiger partial charge in [0.1, 0.15) is 0 Å². The fourth-order valence-corrected chi connectivity index (χ4v) is 1.51. The second kappa shape index (κ2) is 4.31. The van der Waals surface area contributed by atoms with Gasteiger partial charge in [-0.1, -0.05) is 0 Å². The molecular formula is C10H11F3N2O2. The molecule has 0 bridgehead atoms. The molecular weight excluding hydrogens is 237 g/mol. The van der Waals surface area contributed by atoms with Crippen LogP contribution >= 0.6 is 0 Å². The predicted octanol–water partition coefficient (Wildman–Crippen LogP) is 1.74. The first-order valence-electron chi connectivity index (χ1n) is 4.78. The molecule has 1 aromatic rings. The highest BCUT2D eigenvalue weighted by molar-refractivity contribution is 6.10. The number of hydrogen-bond acceptors (Lipinski definition) is 3. The smallest absolute Gasteiger partial charge is 0.294 e. The lowest BCUT2D eigenvalue weighted by Crippen LogP contribution is -2.25. The third kappa shape index (κ3) is 2.72. The highest BCUT2D eigenvalue weighted by Crippen LogP contribution is 2.21. The number of nitrogens with zero attached hydrogens (tertiary/aromatic N) is 2. The molecule has 4 nitrogen and oxygen atoms in total. The normalized spacial score (nSPS) is 11.6. The Balaban J connectivity index is 2.96. The zero-order chi connectivity index (χ0) is 13.4. The van der Waals surface area contributed by atoms with Gasteiger partial charge in [0, 0.05) is 12.7 Å². The topological polar surface area (TPSA) is 52.0 Å². The van der Waals surface area contributed by atoms with E-state index in [9.17, 15) is 22.8 Å². The van der Waals surface area contributed by atoms with Gasteiger partial charge in [-0.15, -0.1) is 0 Å². The summed E-state index contributed by atoms with van der Waals surface area (Å²) in [5, 5.41) is 3.90. The lowest BCUT2D eigenvalue weighted by atomic mass is 10.0. The molecule has 0 amide bonds. The Bertz CT molecular complexity index is 475. The monoisotopic (exact) mass is 248 g/mol. The predicted molar refractivity (Wildman–Crippen MR) is 52.7 cm³/mol. The third-order valence-corrected chi connectivity index (χ3v) is 2.43. The Morgan fingerprint density at radius 2 is 1.82 bits per heavy atom. The molecule has 1 heterocycles. The number of aryl methyl sites for hydroxylation is 2. The summed E-state index contributed by atoms with van der Waals surface area (Å²) in [6.07, 6.45) is -6.14. The number of alkyl halides is 3. The van der Waals surface area contributed by atoms with E-state index in [1.807, 2.05) is 0 Å². The first kappa shape index (κ1) is 13.4. The van der Waals surface area contributed by atoms with Crippen LogP contribution in [-0.2, 0) is 11.8 Å². The summed E-state index contributed by atoms with van der Waals surface area (Å²) in [5.41, 5.74) is 0.859. The second-order valence-electron chi connectivity index (χ2n) is 3.69. The Labute approximate surface area is 95.4 Å². The van der Waals surface area contributed by atoms with Crippen molar-refractivity contribution in [2.24, 2.45) is 7.05 Å². The van der Waals surface area contributed by atoms with Crippen molar-refractivity contribution < 1.29 is 22.8 Å². The number of aromatic nitrogens is 2. The van der Waals surface area contributed by atoms with Gasteiger partial charge >= 0.3 is 6.18 Å². The van der Waals surface area contributed by atoms with Crippen LogP contribution < -0.4 is 0 Å². The Kier molecular flexibility index (Phi) is 3.40. The summed E-state index contributed by atoms with van der Waals surface area (Å²) in [6.45, 7) is 3.07. The number of ketones is 2. The number of hydrogen-bond donors (Lipinski definition) is 0. The lowest BCUT2D eigenvalue weighted by Gasteiger charge is -2.04. The van der Waals surface area contributed by atoms with Crippen LogP contribution in [-0.4, -0.2) is 27.5 Å². The van der Waals surface area contributed by atoms with Crippen LogP contribution in [0.5, 0.6) is 0 Å². The van der Waals surface area contributed by atoms with Gasteiger partial charge in [-0.05, 0) is 13.8 Å². The molecule has 0 saturated heterocycles. The molecule has 0 radical (unpaired) electrons. The summed E-state index contributed by atoms with van der Waals surface area (Å²) in [7, 11) is 1.57. The molecule has 0 unspecified atom stereocenters. The molecule has 0 aliphatic rings. The van der Waals surface area contributed by atoms with Gasteiger partial charge in [-0.2, -0.15) is 18.3 Å². The van der Waals surface area contributed by atoms with Crippen molar-refractivity contribution in [3.8, 4) is 0 Å². The molecule has 1 rings (SSSR count). The maximum atomic E-state index is 12.0.